The number of pyridine rings is 2. The van der Waals surface area contributed by atoms with E-state index in [0.29, 0.717) is 12.4 Å². The van der Waals surface area contributed by atoms with Crippen molar-refractivity contribution >= 4 is 16.8 Å². The van der Waals surface area contributed by atoms with Gasteiger partial charge in [0, 0.05) is 47.6 Å². The van der Waals surface area contributed by atoms with Crippen molar-refractivity contribution in [3.8, 4) is 17.0 Å². The Bertz CT molecular complexity index is 1340. The minimum absolute atomic E-state index is 0.000836. The molecule has 0 spiro atoms. The summed E-state index contributed by atoms with van der Waals surface area (Å²) in [6.07, 6.45) is 3.57. The molecule has 7 nitrogen and oxygen atoms in total. The van der Waals surface area contributed by atoms with Gasteiger partial charge in [-0.15, -0.1) is 0 Å². The van der Waals surface area contributed by atoms with Crippen molar-refractivity contribution in [2.75, 3.05) is 0 Å². The lowest BCUT2D eigenvalue weighted by Crippen LogP contribution is -2.31. The van der Waals surface area contributed by atoms with E-state index in [1.54, 1.807) is 12.4 Å². The third kappa shape index (κ3) is 4.64. The van der Waals surface area contributed by atoms with Crippen LogP contribution in [0.1, 0.15) is 49.3 Å². The normalized spacial score (nSPS) is 12.2. The summed E-state index contributed by atoms with van der Waals surface area (Å²) in [7, 11) is 1.93. The Morgan fingerprint density at radius 3 is 2.62 bits per heavy atom. The van der Waals surface area contributed by atoms with Gasteiger partial charge >= 0.3 is 0 Å². The molecule has 3 aromatic heterocycles. The molecular weight excluding hydrogens is 426 g/mol. The van der Waals surface area contributed by atoms with E-state index in [2.05, 4.69) is 27.5 Å². The zero-order valence-electron chi connectivity index (χ0n) is 20.6. The number of carbonyl (C=O) groups excluding carboxylic acids is 1. The van der Waals surface area contributed by atoms with E-state index >= 15 is 0 Å². The number of ether oxygens (including phenoxy) is 1. The summed E-state index contributed by atoms with van der Waals surface area (Å²) >= 11 is 0. The number of rotatable bonds is 7. The number of hydrogen-bond donors (Lipinski definition) is 1. The molecule has 176 valence electrons. The average Bonchev–Trinajstić information content (AvgIpc) is 3.23. The van der Waals surface area contributed by atoms with Crippen LogP contribution in [0.25, 0.3) is 22.2 Å². The second kappa shape index (κ2) is 9.63. The number of hydrogen-bond acceptors (Lipinski definition) is 5. The number of aryl methyl sites for hydroxylation is 3. The molecule has 0 aliphatic rings. The molecule has 4 aromatic rings. The van der Waals surface area contributed by atoms with Gasteiger partial charge in [0.1, 0.15) is 17.9 Å². The fourth-order valence-electron chi connectivity index (χ4n) is 4.09. The number of aromatic nitrogens is 4. The summed E-state index contributed by atoms with van der Waals surface area (Å²) in [4.78, 5) is 21.6. The predicted molar refractivity (Wildman–Crippen MR) is 133 cm³/mol. The molecule has 4 rings (SSSR count). The topological polar surface area (TPSA) is 81.9 Å². The zero-order valence-corrected chi connectivity index (χ0v) is 20.6. The molecule has 1 amide bonds. The molecule has 1 aromatic carbocycles. The van der Waals surface area contributed by atoms with E-state index in [-0.39, 0.29) is 17.9 Å². The van der Waals surface area contributed by atoms with Crippen LogP contribution in [0.2, 0.25) is 0 Å². The van der Waals surface area contributed by atoms with Gasteiger partial charge in [-0.1, -0.05) is 26.0 Å². The first-order chi connectivity index (χ1) is 16.3. The third-order valence-electron chi connectivity index (χ3n) is 6.02. The fraction of sp³-hybridized carbons (Fsp3) is 0.333. The van der Waals surface area contributed by atoms with Crippen molar-refractivity contribution in [3.05, 3.63) is 71.3 Å². The van der Waals surface area contributed by atoms with Gasteiger partial charge in [0.15, 0.2) is 0 Å². The summed E-state index contributed by atoms with van der Waals surface area (Å²) in [5, 5.41) is 8.38. The molecule has 3 heterocycles. The van der Waals surface area contributed by atoms with Gasteiger partial charge in [-0.25, -0.2) is 4.98 Å². The Morgan fingerprint density at radius 1 is 1.12 bits per heavy atom. The highest BCUT2D eigenvalue weighted by Crippen LogP contribution is 2.33. The molecule has 0 aliphatic heterocycles. The molecule has 34 heavy (non-hydrogen) atoms. The number of amides is 1. The number of nitrogens with zero attached hydrogens (tertiary/aromatic N) is 4. The summed E-state index contributed by atoms with van der Waals surface area (Å²) in [5.74, 6) is 0.613. The molecule has 0 saturated carbocycles. The van der Waals surface area contributed by atoms with Gasteiger partial charge < -0.3 is 10.1 Å². The maximum Gasteiger partial charge on any atom is 0.223 e. The van der Waals surface area contributed by atoms with Gasteiger partial charge in [-0.3, -0.25) is 14.5 Å². The number of fused-ring (bicyclic) bond motifs is 1. The molecule has 0 radical (unpaired) electrons. The van der Waals surface area contributed by atoms with Crippen LogP contribution in [0.4, 0.5) is 0 Å². The first-order valence-corrected chi connectivity index (χ1v) is 11.5. The highest BCUT2D eigenvalue weighted by Gasteiger charge is 2.19. The van der Waals surface area contributed by atoms with Gasteiger partial charge in [0.2, 0.25) is 5.91 Å². The zero-order chi connectivity index (χ0) is 24.4. The fourth-order valence-corrected chi connectivity index (χ4v) is 4.09. The van der Waals surface area contributed by atoms with Gasteiger partial charge in [-0.2, -0.15) is 5.10 Å². The lowest BCUT2D eigenvalue weighted by Gasteiger charge is -2.20. The Balaban J connectivity index is 1.68. The Morgan fingerprint density at radius 2 is 1.91 bits per heavy atom. The highest BCUT2D eigenvalue weighted by molar-refractivity contribution is 5.97. The number of nitrogens with one attached hydrogen (secondary N) is 1. The Kier molecular flexibility index (Phi) is 6.63. The average molecular weight is 458 g/mol. The lowest BCUT2D eigenvalue weighted by atomic mass is 10.0. The third-order valence-corrected chi connectivity index (χ3v) is 6.02. The van der Waals surface area contributed by atoms with Crippen molar-refractivity contribution in [3.63, 3.8) is 0 Å². The molecule has 0 aliphatic carbocycles. The van der Waals surface area contributed by atoms with Crippen molar-refractivity contribution in [2.45, 2.75) is 47.3 Å². The second-order valence-corrected chi connectivity index (χ2v) is 8.97. The maximum atomic E-state index is 12.2. The summed E-state index contributed by atoms with van der Waals surface area (Å²) in [6, 6.07) is 11.8. The van der Waals surface area contributed by atoms with Crippen LogP contribution in [0.15, 0.2) is 48.8 Å². The first kappa shape index (κ1) is 23.4. The van der Waals surface area contributed by atoms with Crippen LogP contribution >= 0.6 is 0 Å². The molecule has 0 fully saturated rings. The minimum Gasteiger partial charge on any atom is -0.487 e. The van der Waals surface area contributed by atoms with Crippen molar-refractivity contribution in [2.24, 2.45) is 13.0 Å². The first-order valence-electron chi connectivity index (χ1n) is 11.5. The number of para-hydroxylation sites is 1. The predicted octanol–water partition coefficient (Wildman–Crippen LogP) is 5.06. The van der Waals surface area contributed by atoms with Gasteiger partial charge in [0.25, 0.3) is 0 Å². The van der Waals surface area contributed by atoms with E-state index in [1.807, 2.05) is 70.6 Å². The van der Waals surface area contributed by atoms with E-state index in [1.165, 1.54) is 0 Å². The van der Waals surface area contributed by atoms with Crippen LogP contribution in [0, 0.1) is 19.8 Å². The SMILES string of the molecule is Cc1cc(-c2ccnn2C)c2cccc(OCc3c(C)ccnc3C(C)NC(=O)C(C)C)c2n1. The molecule has 0 bridgehead atoms. The van der Waals surface area contributed by atoms with Crippen molar-refractivity contribution in [1.29, 1.82) is 0 Å². The molecule has 7 heteroatoms. The largest absolute Gasteiger partial charge is 0.487 e. The van der Waals surface area contributed by atoms with E-state index in [4.69, 9.17) is 9.72 Å². The van der Waals surface area contributed by atoms with Crippen LogP contribution in [-0.4, -0.2) is 25.7 Å². The van der Waals surface area contributed by atoms with Crippen LogP contribution in [0.3, 0.4) is 0 Å². The maximum absolute atomic E-state index is 12.2. The van der Waals surface area contributed by atoms with Crippen molar-refractivity contribution < 1.29 is 9.53 Å². The van der Waals surface area contributed by atoms with Crippen LogP contribution < -0.4 is 10.1 Å². The minimum atomic E-state index is -0.224. The molecule has 1 N–H and O–H groups in total. The van der Waals surface area contributed by atoms with Crippen LogP contribution in [-0.2, 0) is 18.4 Å². The van der Waals surface area contributed by atoms with Gasteiger partial charge in [0.05, 0.1) is 17.4 Å². The second-order valence-electron chi connectivity index (χ2n) is 8.97. The number of benzene rings is 1. The quantitative estimate of drug-likeness (QED) is 0.419. The summed E-state index contributed by atoms with van der Waals surface area (Å²) in [6.45, 7) is 10.1. The summed E-state index contributed by atoms with van der Waals surface area (Å²) in [5.41, 5.74) is 6.65. The van der Waals surface area contributed by atoms with Crippen molar-refractivity contribution in [1.82, 2.24) is 25.1 Å². The monoisotopic (exact) mass is 457 g/mol. The van der Waals surface area contributed by atoms with Crippen LogP contribution in [0.5, 0.6) is 5.75 Å². The summed E-state index contributed by atoms with van der Waals surface area (Å²) < 4.78 is 8.21. The highest BCUT2D eigenvalue weighted by atomic mass is 16.5. The Labute approximate surface area is 200 Å². The molecule has 1 unspecified atom stereocenters. The van der Waals surface area contributed by atoms with E-state index < -0.39 is 0 Å². The molecule has 1 atom stereocenters. The smallest absolute Gasteiger partial charge is 0.223 e. The van der Waals surface area contributed by atoms with E-state index in [9.17, 15) is 4.79 Å². The Hall–Kier alpha value is -3.74. The van der Waals surface area contributed by atoms with E-state index in [0.717, 1.165) is 44.7 Å². The standard InChI is InChI=1S/C27H31N5O2/c1-16(2)27(33)31-19(5)25-22(17(3)10-12-28-25)15-34-24-9-7-8-20-21(14-18(4)30-26(20)24)23-11-13-29-32(23)6/h7-14,16,19H,15H2,1-6H3,(H,31,33). The number of carbonyl (C=O) groups is 1. The molecular formula is C27H31N5O2. The molecule has 0 saturated heterocycles. The lowest BCUT2D eigenvalue weighted by molar-refractivity contribution is -0.124. The van der Waals surface area contributed by atoms with Gasteiger partial charge in [-0.05, 0) is 50.6 Å².